The summed E-state index contributed by atoms with van der Waals surface area (Å²) in [6.45, 7) is 18.6. The van der Waals surface area contributed by atoms with Crippen molar-refractivity contribution in [1.82, 2.24) is 28.7 Å². The monoisotopic (exact) mass is 1660 g/mol. The van der Waals surface area contributed by atoms with Gasteiger partial charge in [-0.1, -0.05) is 315 Å². The van der Waals surface area contributed by atoms with Gasteiger partial charge in [-0.3, -0.25) is 9.13 Å². The maximum absolute atomic E-state index is 5.31. The van der Waals surface area contributed by atoms with E-state index < -0.39 is 11.1 Å². The lowest BCUT2D eigenvalue weighted by Crippen LogP contribution is -2.43. The van der Waals surface area contributed by atoms with Gasteiger partial charge in [0.2, 0.25) is 17.8 Å². The van der Waals surface area contributed by atoms with Crippen LogP contribution in [0.5, 0.6) is 0 Å². The van der Waals surface area contributed by atoms with E-state index in [1.165, 1.54) is 129 Å². The third-order valence-electron chi connectivity index (χ3n) is 29.2. The molecule has 6 aliphatic heterocycles. The van der Waals surface area contributed by atoms with Crippen LogP contribution in [0, 0.1) is 0 Å². The van der Waals surface area contributed by atoms with Crippen LogP contribution in [-0.4, -0.2) is 49.8 Å². The van der Waals surface area contributed by atoms with Crippen molar-refractivity contribution in [3.63, 3.8) is 0 Å². The minimum atomic E-state index is -0.645. The van der Waals surface area contributed by atoms with Crippen molar-refractivity contribution >= 4 is 119 Å². The summed E-state index contributed by atoms with van der Waals surface area (Å²) in [5, 5.41) is 0. The zero-order chi connectivity index (χ0) is 86.6. The fourth-order valence-electron chi connectivity index (χ4n) is 23.2. The molecule has 1 spiro atoms. The first-order chi connectivity index (χ1) is 62.3. The van der Waals surface area contributed by atoms with Gasteiger partial charge < -0.3 is 34.0 Å². The number of aromatic nitrogens is 6. The molecule has 3 aromatic heterocycles. The quantitative estimate of drug-likeness (QED) is 0.168. The van der Waals surface area contributed by atoms with Crippen molar-refractivity contribution in [2.45, 2.75) is 88.3 Å². The van der Waals surface area contributed by atoms with Crippen LogP contribution in [-0.2, 0) is 32.9 Å². The number of nitrogens with zero attached hydrogens (tertiary/aromatic N) is 12. The van der Waals surface area contributed by atoms with E-state index in [0.29, 0.717) is 0 Å². The molecule has 0 fully saturated rings. The lowest BCUT2D eigenvalue weighted by Gasteiger charge is -2.46. The molecule has 1 aliphatic carbocycles. The third-order valence-corrected chi connectivity index (χ3v) is 29.2. The van der Waals surface area contributed by atoms with Crippen molar-refractivity contribution in [3.8, 4) is 11.1 Å². The molecule has 0 N–H and O–H groups in total. The molecular formula is C116H96N12. The summed E-state index contributed by atoms with van der Waals surface area (Å²) in [7, 11) is 6.46. The van der Waals surface area contributed by atoms with Gasteiger partial charge in [0, 0.05) is 71.1 Å². The van der Waals surface area contributed by atoms with Crippen molar-refractivity contribution in [3.05, 3.63) is 455 Å². The van der Waals surface area contributed by atoms with Crippen LogP contribution in [0.4, 0.5) is 86.1 Å². The molecule has 0 amide bonds. The van der Waals surface area contributed by atoms with E-state index in [1.54, 1.807) is 0 Å². The van der Waals surface area contributed by atoms with Crippen molar-refractivity contribution in [2.24, 2.45) is 0 Å². The molecule has 0 saturated heterocycles. The Morgan fingerprint density at radius 3 is 0.797 bits per heavy atom. The summed E-state index contributed by atoms with van der Waals surface area (Å²) in [5.74, 6) is 2.84. The second kappa shape index (κ2) is 27.9. The number of para-hydroxylation sites is 12. The highest BCUT2D eigenvalue weighted by Crippen LogP contribution is 2.64. The molecule has 620 valence electrons. The molecule has 0 bridgehead atoms. The Labute approximate surface area is 747 Å². The molecule has 128 heavy (non-hydrogen) atoms. The van der Waals surface area contributed by atoms with E-state index in [-0.39, 0.29) is 21.8 Å². The van der Waals surface area contributed by atoms with Crippen LogP contribution in [0.2, 0.25) is 0 Å². The van der Waals surface area contributed by atoms with E-state index in [1.807, 2.05) is 0 Å². The number of anilines is 15. The van der Waals surface area contributed by atoms with E-state index in [4.69, 9.17) is 15.0 Å². The van der Waals surface area contributed by atoms with Gasteiger partial charge in [0.15, 0.2) is 0 Å². The smallest absolute Gasteiger partial charge is 0.212 e. The van der Waals surface area contributed by atoms with E-state index in [9.17, 15) is 0 Å². The number of hydrogen-bond donors (Lipinski definition) is 0. The molecule has 0 unspecified atom stereocenters. The molecule has 12 nitrogen and oxygen atoms in total. The topological polar surface area (TPSA) is 72.9 Å². The van der Waals surface area contributed by atoms with E-state index >= 15 is 0 Å². The van der Waals surface area contributed by atoms with Crippen molar-refractivity contribution < 1.29 is 0 Å². The highest BCUT2D eigenvalue weighted by Gasteiger charge is 2.54. The van der Waals surface area contributed by atoms with Gasteiger partial charge in [-0.05, 0) is 190 Å². The maximum atomic E-state index is 5.31. The third kappa shape index (κ3) is 10.5. The van der Waals surface area contributed by atoms with Gasteiger partial charge in [-0.2, -0.15) is 0 Å². The molecule has 0 atom stereocenters. The van der Waals surface area contributed by atoms with Gasteiger partial charge in [-0.15, -0.1) is 0 Å². The molecule has 19 aromatic rings. The van der Waals surface area contributed by atoms with Crippen LogP contribution in [0.1, 0.15) is 128 Å². The van der Waals surface area contributed by atoms with Gasteiger partial charge >= 0.3 is 0 Å². The summed E-state index contributed by atoms with van der Waals surface area (Å²) < 4.78 is 7.31. The zero-order valence-corrected chi connectivity index (χ0v) is 73.7. The van der Waals surface area contributed by atoms with Crippen LogP contribution < -0.4 is 29.4 Å². The first-order valence-corrected chi connectivity index (χ1v) is 44.7. The minimum absolute atomic E-state index is 0.0679. The largest absolute Gasteiger partial charge is 0.315 e. The molecule has 0 saturated carbocycles. The molecule has 0 radical (unpaired) electrons. The molecule has 7 aliphatic rings. The van der Waals surface area contributed by atoms with Gasteiger partial charge in [-0.25, -0.2) is 15.0 Å². The molecule has 16 aromatic carbocycles. The number of rotatable bonds is 5. The first-order valence-electron chi connectivity index (χ1n) is 44.7. The first kappa shape index (κ1) is 76.4. The molecule has 26 rings (SSSR count). The lowest BCUT2D eigenvalue weighted by molar-refractivity contribution is 0.440. The fraction of sp³-hybridized carbons (Fsp3) is 0.147. The highest BCUT2D eigenvalue weighted by molar-refractivity contribution is 5.98. The number of benzene rings is 16. The molecule has 12 heteroatoms. The normalized spacial score (nSPS) is 16.1. The van der Waals surface area contributed by atoms with Crippen molar-refractivity contribution in [1.29, 1.82) is 0 Å². The van der Waals surface area contributed by atoms with Crippen LogP contribution in [0.25, 0.3) is 44.2 Å². The summed E-state index contributed by atoms with van der Waals surface area (Å²) in [5.41, 5.74) is 38.2. The Balaban J connectivity index is 0.000000108. The lowest BCUT2D eigenvalue weighted by atomic mass is 9.73. The Morgan fingerprint density at radius 2 is 0.453 bits per heavy atom. The van der Waals surface area contributed by atoms with Crippen LogP contribution >= 0.6 is 0 Å². The van der Waals surface area contributed by atoms with Gasteiger partial charge in [0.25, 0.3) is 0 Å². The number of fused-ring (bicyclic) bond motifs is 25. The Morgan fingerprint density at radius 1 is 0.203 bits per heavy atom. The van der Waals surface area contributed by atoms with Gasteiger partial charge in [0.05, 0.1) is 89.8 Å². The fourth-order valence-corrected chi connectivity index (χ4v) is 23.2. The average molecular weight is 1660 g/mol. The standard InChI is InChI=1S/C42H32N4.C42H34N4.C32H30N4/c1-41(2)32-18-8-11-21-36(32)45(37-22-12-9-19-33(37)41)27-24-25-34-39(26-27)44(3)40-43-35-20-10-13-23-38(35)46(40)42(34)30-16-6-4-14-28(30)29-15-5-7-17-31(29)42;1-41(2)32-20-10-13-23-36(32)45(37-24-14-11-21-33(37)41)31-26-27-34-39(28-31)44(3)40-43-35-22-12-15-25-38(35)46(40)42(34,29-16-6-4-7-17-29)30-18-8-5-9-19-30;1-31(2)22-12-6-9-15-26(22)35(27-16-10-7-13-23(27)31)21-18-19-24-29(20-21)34(5)30-33-25-14-8-11-17-28(25)36(30)32(24,3)4/h4-26H,1-3H3;4-28H,1-3H3;6-20H,1-5H3. The Hall–Kier alpha value is -15.3. The summed E-state index contributed by atoms with van der Waals surface area (Å²) in [6.07, 6.45) is 0. The average Bonchev–Trinajstić information content (AvgIpc) is 1.50. The predicted molar refractivity (Wildman–Crippen MR) is 527 cm³/mol. The Kier molecular flexibility index (Phi) is 16.6. The molecular weight excluding hydrogens is 1560 g/mol. The molecule has 9 heterocycles. The second-order valence-electron chi connectivity index (χ2n) is 37.3. The maximum Gasteiger partial charge on any atom is 0.212 e. The van der Waals surface area contributed by atoms with Crippen LogP contribution in [0.3, 0.4) is 0 Å². The van der Waals surface area contributed by atoms with Crippen LogP contribution in [0.15, 0.2) is 382 Å². The summed E-state index contributed by atoms with van der Waals surface area (Å²) >= 11 is 0. The van der Waals surface area contributed by atoms with E-state index in [2.05, 4.69) is 502 Å². The SMILES string of the molecule is CN1c2cc(N3c4ccccc4C(C)(C)c4ccccc43)ccc2C(C)(C)n2c1nc1ccccc12.CN1c2cc(N3c4ccccc4C(C)(C)c4ccccc43)ccc2C(c2ccccc2)(c2ccccc2)n2c1nc1ccccc12.CN1c2cc(N3c4ccccc4C(C)(C)c4ccccc43)ccc2C2(c3ccccc3-c3ccccc32)n2c1nc1ccccc12. The van der Waals surface area contributed by atoms with Gasteiger partial charge in [0.1, 0.15) is 11.1 Å². The zero-order valence-electron chi connectivity index (χ0n) is 73.7. The second-order valence-corrected chi connectivity index (χ2v) is 37.3. The van der Waals surface area contributed by atoms with Crippen molar-refractivity contribution in [2.75, 3.05) is 50.5 Å². The predicted octanol–water partition coefficient (Wildman–Crippen LogP) is 28.1. The summed E-state index contributed by atoms with van der Waals surface area (Å²) in [4.78, 5) is 29.8. The number of imidazole rings is 3. The highest BCUT2D eigenvalue weighted by atomic mass is 15.4. The Bertz CT molecular complexity index is 7300. The number of hydrogen-bond acceptors (Lipinski definition) is 9. The summed E-state index contributed by atoms with van der Waals surface area (Å²) in [6, 6.07) is 139. The minimum Gasteiger partial charge on any atom is -0.315 e. The van der Waals surface area contributed by atoms with E-state index in [0.717, 1.165) is 73.9 Å².